The lowest BCUT2D eigenvalue weighted by Crippen LogP contribution is -2.52. The summed E-state index contributed by atoms with van der Waals surface area (Å²) >= 11 is 0. The molecule has 1 aromatic carbocycles. The van der Waals surface area contributed by atoms with Crippen LogP contribution in [0.4, 0.5) is 27.5 Å². The van der Waals surface area contributed by atoms with Gasteiger partial charge in [0.15, 0.2) is 5.82 Å². The number of likely N-dealkylation sites (N-methyl/N-ethyl adjacent to an activating group) is 1. The maximum atomic E-state index is 15.5. The lowest BCUT2D eigenvalue weighted by atomic mass is 10.1. The maximum Gasteiger partial charge on any atom is 0.266 e. The van der Waals surface area contributed by atoms with Gasteiger partial charge in [0.05, 0.1) is 25.5 Å². The Morgan fingerprint density at radius 2 is 1.87 bits per heavy atom. The standard InChI is InChI=1S/C27H37FN8O3/c1-27(28)17-36(19-7-5-6-8-19)23-21(34(3)25(27)38)16-29-26(31-23)30-20-10-9-18(15-22(20)39-4)24(37)32-35-13-11-33(2)12-14-35/h9-10,15-16,19H,5-8,11-14,17H2,1-4H3,(H,32,37)(H,29,30,31)/t27-/m0/s1. The number of methoxy groups -OCH3 is 1. The van der Waals surface area contributed by atoms with E-state index in [0.717, 1.165) is 51.9 Å². The number of rotatable bonds is 6. The van der Waals surface area contributed by atoms with E-state index in [2.05, 4.69) is 27.7 Å². The van der Waals surface area contributed by atoms with E-state index in [1.165, 1.54) is 18.9 Å². The number of hydrazine groups is 1. The van der Waals surface area contributed by atoms with Gasteiger partial charge in [0.2, 0.25) is 11.6 Å². The van der Waals surface area contributed by atoms with Gasteiger partial charge in [-0.2, -0.15) is 4.98 Å². The summed E-state index contributed by atoms with van der Waals surface area (Å²) in [5.74, 6) is 0.447. The molecule has 0 spiro atoms. The van der Waals surface area contributed by atoms with Crippen LogP contribution in [-0.2, 0) is 4.79 Å². The Bertz CT molecular complexity index is 1230. The summed E-state index contributed by atoms with van der Waals surface area (Å²) in [4.78, 5) is 40.4. The van der Waals surface area contributed by atoms with Crippen LogP contribution in [0.2, 0.25) is 0 Å². The molecule has 0 unspecified atom stereocenters. The van der Waals surface area contributed by atoms with E-state index in [4.69, 9.17) is 9.72 Å². The summed E-state index contributed by atoms with van der Waals surface area (Å²) in [5.41, 5.74) is 2.43. The van der Waals surface area contributed by atoms with Gasteiger partial charge >= 0.3 is 0 Å². The minimum absolute atomic E-state index is 0.0648. The first-order valence-corrected chi connectivity index (χ1v) is 13.5. The van der Waals surface area contributed by atoms with E-state index < -0.39 is 11.6 Å². The molecule has 210 valence electrons. The van der Waals surface area contributed by atoms with E-state index in [1.54, 1.807) is 31.4 Å². The van der Waals surface area contributed by atoms with Crippen LogP contribution in [0.1, 0.15) is 43.0 Å². The number of aromatic nitrogens is 2. The number of benzene rings is 1. The number of anilines is 4. The van der Waals surface area contributed by atoms with E-state index in [0.29, 0.717) is 28.5 Å². The number of nitrogens with zero attached hydrogens (tertiary/aromatic N) is 6. The van der Waals surface area contributed by atoms with Gasteiger partial charge in [0, 0.05) is 44.8 Å². The third-order valence-corrected chi connectivity index (χ3v) is 7.84. The molecule has 11 nitrogen and oxygen atoms in total. The molecule has 1 aromatic heterocycles. The molecule has 2 fully saturated rings. The Kier molecular flexibility index (Phi) is 7.59. The highest BCUT2D eigenvalue weighted by Gasteiger charge is 2.45. The van der Waals surface area contributed by atoms with Crippen molar-refractivity contribution in [2.75, 3.05) is 69.0 Å². The fourth-order valence-electron chi connectivity index (χ4n) is 5.50. The Balaban J connectivity index is 1.39. The average Bonchev–Trinajstić information content (AvgIpc) is 3.45. The van der Waals surface area contributed by atoms with Gasteiger partial charge < -0.3 is 24.8 Å². The molecule has 39 heavy (non-hydrogen) atoms. The maximum absolute atomic E-state index is 15.5. The molecule has 2 aromatic rings. The summed E-state index contributed by atoms with van der Waals surface area (Å²) in [6.45, 7) is 4.56. The van der Waals surface area contributed by atoms with Crippen LogP contribution in [-0.4, -0.2) is 97.3 Å². The van der Waals surface area contributed by atoms with Crippen molar-refractivity contribution in [2.24, 2.45) is 0 Å². The van der Waals surface area contributed by atoms with Crippen molar-refractivity contribution < 1.29 is 18.7 Å². The molecule has 0 radical (unpaired) electrons. The fourth-order valence-corrected chi connectivity index (χ4v) is 5.50. The molecular formula is C27H37FN8O3. The number of fused-ring (bicyclic) bond motifs is 1. The predicted octanol–water partition coefficient (Wildman–Crippen LogP) is 2.57. The van der Waals surface area contributed by atoms with Crippen molar-refractivity contribution >= 4 is 35.0 Å². The number of piperazine rings is 1. The first-order valence-electron chi connectivity index (χ1n) is 13.5. The topological polar surface area (TPSA) is 106 Å². The van der Waals surface area contributed by atoms with Crippen LogP contribution in [0.15, 0.2) is 24.4 Å². The van der Waals surface area contributed by atoms with Gasteiger partial charge in [0.1, 0.15) is 11.4 Å². The van der Waals surface area contributed by atoms with Crippen molar-refractivity contribution in [1.29, 1.82) is 0 Å². The van der Waals surface area contributed by atoms with Crippen molar-refractivity contribution in [3.63, 3.8) is 0 Å². The molecule has 3 aliphatic rings. The van der Waals surface area contributed by atoms with Gasteiger partial charge in [-0.15, -0.1) is 0 Å². The number of amides is 2. The lowest BCUT2D eigenvalue weighted by Gasteiger charge is -2.32. The Morgan fingerprint density at radius 1 is 1.15 bits per heavy atom. The largest absolute Gasteiger partial charge is 0.495 e. The number of carbonyl (C=O) groups is 2. The number of alkyl halides is 1. The lowest BCUT2D eigenvalue weighted by molar-refractivity contribution is -0.128. The van der Waals surface area contributed by atoms with Gasteiger partial charge in [-0.1, -0.05) is 12.8 Å². The summed E-state index contributed by atoms with van der Waals surface area (Å²) < 4.78 is 21.1. The highest BCUT2D eigenvalue weighted by molar-refractivity contribution is 6.02. The Morgan fingerprint density at radius 3 is 2.56 bits per heavy atom. The van der Waals surface area contributed by atoms with Crippen LogP contribution in [0.3, 0.4) is 0 Å². The number of ether oxygens (including phenoxy) is 1. The number of hydrogen-bond donors (Lipinski definition) is 2. The molecule has 1 saturated carbocycles. The normalized spacial score (nSPS) is 22.9. The van der Waals surface area contributed by atoms with Gasteiger partial charge in [-0.05, 0) is 45.0 Å². The van der Waals surface area contributed by atoms with E-state index in [-0.39, 0.29) is 24.4 Å². The second-order valence-electron chi connectivity index (χ2n) is 10.8. The molecule has 1 saturated heterocycles. The van der Waals surface area contributed by atoms with Crippen LogP contribution >= 0.6 is 0 Å². The molecule has 0 bridgehead atoms. The van der Waals surface area contributed by atoms with Crippen LogP contribution in [0.5, 0.6) is 5.75 Å². The van der Waals surface area contributed by atoms with Crippen molar-refractivity contribution in [2.45, 2.75) is 44.3 Å². The molecule has 3 heterocycles. The zero-order chi connectivity index (χ0) is 27.7. The first-order chi connectivity index (χ1) is 18.7. The molecule has 2 amide bonds. The number of halogens is 1. The zero-order valence-electron chi connectivity index (χ0n) is 23.0. The minimum Gasteiger partial charge on any atom is -0.495 e. The molecule has 1 aliphatic carbocycles. The number of nitrogens with one attached hydrogen (secondary N) is 2. The van der Waals surface area contributed by atoms with Crippen LogP contribution < -0.4 is 25.3 Å². The van der Waals surface area contributed by atoms with Crippen molar-refractivity contribution in [3.8, 4) is 5.75 Å². The zero-order valence-corrected chi connectivity index (χ0v) is 23.0. The molecule has 12 heteroatoms. The summed E-state index contributed by atoms with van der Waals surface area (Å²) in [6.07, 6.45) is 5.52. The van der Waals surface area contributed by atoms with Crippen LogP contribution in [0, 0.1) is 0 Å². The second-order valence-corrected chi connectivity index (χ2v) is 10.8. The number of carbonyl (C=O) groups excluding carboxylic acids is 2. The molecule has 1 atom stereocenters. The van der Waals surface area contributed by atoms with Gasteiger partial charge in [-0.3, -0.25) is 15.0 Å². The Hall–Kier alpha value is -3.51. The molecular weight excluding hydrogens is 503 g/mol. The van der Waals surface area contributed by atoms with E-state index in [9.17, 15) is 9.59 Å². The smallest absolute Gasteiger partial charge is 0.266 e. The first kappa shape index (κ1) is 27.1. The average molecular weight is 541 g/mol. The van der Waals surface area contributed by atoms with Gasteiger partial charge in [0.25, 0.3) is 11.8 Å². The predicted molar refractivity (Wildman–Crippen MR) is 147 cm³/mol. The third kappa shape index (κ3) is 5.62. The number of hydrogen-bond acceptors (Lipinski definition) is 9. The van der Waals surface area contributed by atoms with E-state index >= 15 is 4.39 Å². The van der Waals surface area contributed by atoms with Crippen molar-refractivity contribution in [3.05, 3.63) is 30.0 Å². The summed E-state index contributed by atoms with van der Waals surface area (Å²) in [5, 5.41) is 5.11. The highest BCUT2D eigenvalue weighted by atomic mass is 19.1. The highest BCUT2D eigenvalue weighted by Crippen LogP contribution is 2.39. The summed E-state index contributed by atoms with van der Waals surface area (Å²) in [7, 11) is 5.15. The monoisotopic (exact) mass is 540 g/mol. The third-order valence-electron chi connectivity index (χ3n) is 7.84. The second kappa shape index (κ2) is 10.9. The van der Waals surface area contributed by atoms with Gasteiger partial charge in [-0.25, -0.2) is 14.4 Å². The molecule has 2 aliphatic heterocycles. The SMILES string of the molecule is COc1cc(C(=O)NN2CCN(C)CC2)ccc1Nc1ncc2c(n1)N(C1CCCC1)C[C@](C)(F)C(=O)N2C. The minimum atomic E-state index is -2.05. The molecule has 2 N–H and O–H groups in total. The fraction of sp³-hybridized carbons (Fsp3) is 0.556. The summed E-state index contributed by atoms with van der Waals surface area (Å²) in [6, 6.07) is 5.23. The quantitative estimate of drug-likeness (QED) is 0.572. The van der Waals surface area contributed by atoms with Crippen LogP contribution in [0.25, 0.3) is 0 Å². The Labute approximate surface area is 228 Å². The molecule has 5 rings (SSSR count). The van der Waals surface area contributed by atoms with E-state index in [1.807, 2.05) is 9.91 Å². The van der Waals surface area contributed by atoms with Crippen molar-refractivity contribution in [1.82, 2.24) is 25.3 Å².